The molecule has 0 aliphatic heterocycles. The zero-order chi connectivity index (χ0) is 9.42. The van der Waals surface area contributed by atoms with E-state index in [4.69, 9.17) is 5.73 Å². The van der Waals surface area contributed by atoms with Crippen LogP contribution in [-0.2, 0) is 0 Å². The fourth-order valence-electron chi connectivity index (χ4n) is 1.26. The van der Waals surface area contributed by atoms with E-state index in [0.717, 1.165) is 16.2 Å². The molecule has 3 nitrogen and oxygen atoms in total. The molecule has 2 rings (SSSR count). The van der Waals surface area contributed by atoms with E-state index in [0.29, 0.717) is 11.7 Å². The molecule has 0 bridgehead atoms. The standard InChI is InChI=1S/C9H12BrN3/c1-5-2-8(5)13-9-7(10)3-6(11)4-12-9/h3-5,8H,2,11H2,1H3,(H,12,13). The average Bonchev–Trinajstić information content (AvgIpc) is 2.73. The van der Waals surface area contributed by atoms with Gasteiger partial charge in [0, 0.05) is 6.04 Å². The lowest BCUT2D eigenvalue weighted by atomic mass is 10.4. The second-order valence-corrected chi connectivity index (χ2v) is 4.42. The number of anilines is 2. The lowest BCUT2D eigenvalue weighted by Crippen LogP contribution is -2.06. The minimum atomic E-state index is 0.590. The van der Waals surface area contributed by atoms with Gasteiger partial charge < -0.3 is 11.1 Å². The highest BCUT2D eigenvalue weighted by Gasteiger charge is 2.32. The molecule has 1 fully saturated rings. The van der Waals surface area contributed by atoms with Crippen molar-refractivity contribution in [3.63, 3.8) is 0 Å². The number of nitrogens with one attached hydrogen (secondary N) is 1. The molecule has 13 heavy (non-hydrogen) atoms. The highest BCUT2D eigenvalue weighted by molar-refractivity contribution is 9.10. The molecule has 0 saturated heterocycles. The second-order valence-electron chi connectivity index (χ2n) is 3.56. The highest BCUT2D eigenvalue weighted by atomic mass is 79.9. The summed E-state index contributed by atoms with van der Waals surface area (Å²) in [6, 6.07) is 2.45. The molecule has 2 unspecified atom stereocenters. The Balaban J connectivity index is 2.11. The number of nitrogens with two attached hydrogens (primary N) is 1. The van der Waals surface area contributed by atoms with Crippen LogP contribution >= 0.6 is 15.9 Å². The first-order valence-corrected chi connectivity index (χ1v) is 5.13. The van der Waals surface area contributed by atoms with Crippen LogP contribution in [0, 0.1) is 5.92 Å². The summed E-state index contributed by atoms with van der Waals surface area (Å²) in [6.45, 7) is 2.23. The van der Waals surface area contributed by atoms with Crippen LogP contribution in [0.15, 0.2) is 16.7 Å². The largest absolute Gasteiger partial charge is 0.397 e. The molecule has 0 radical (unpaired) electrons. The first-order chi connectivity index (χ1) is 6.16. The van der Waals surface area contributed by atoms with Crippen LogP contribution in [0.5, 0.6) is 0 Å². The number of halogens is 1. The van der Waals surface area contributed by atoms with Crippen molar-refractivity contribution < 1.29 is 0 Å². The highest BCUT2D eigenvalue weighted by Crippen LogP contribution is 2.34. The first kappa shape index (κ1) is 8.81. The van der Waals surface area contributed by atoms with Gasteiger partial charge in [0.1, 0.15) is 5.82 Å². The summed E-state index contributed by atoms with van der Waals surface area (Å²) in [5.74, 6) is 1.66. The molecule has 1 aromatic heterocycles. The van der Waals surface area contributed by atoms with Crippen LogP contribution in [0.3, 0.4) is 0 Å². The van der Waals surface area contributed by atoms with E-state index in [-0.39, 0.29) is 0 Å². The van der Waals surface area contributed by atoms with Crippen LogP contribution in [0.1, 0.15) is 13.3 Å². The van der Waals surface area contributed by atoms with Gasteiger partial charge in [0.25, 0.3) is 0 Å². The Morgan fingerprint density at radius 1 is 1.69 bits per heavy atom. The van der Waals surface area contributed by atoms with Crippen molar-refractivity contribution in [2.24, 2.45) is 5.92 Å². The number of nitrogen functional groups attached to an aromatic ring is 1. The van der Waals surface area contributed by atoms with Gasteiger partial charge in [-0.15, -0.1) is 0 Å². The minimum Gasteiger partial charge on any atom is -0.397 e. The molecule has 4 heteroatoms. The predicted octanol–water partition coefficient (Wildman–Crippen LogP) is 2.25. The Bertz CT molecular complexity index is 327. The van der Waals surface area contributed by atoms with Crippen molar-refractivity contribution in [2.45, 2.75) is 19.4 Å². The summed E-state index contributed by atoms with van der Waals surface area (Å²) in [5.41, 5.74) is 6.26. The molecule has 3 N–H and O–H groups in total. The zero-order valence-electron chi connectivity index (χ0n) is 7.42. The zero-order valence-corrected chi connectivity index (χ0v) is 9.01. The molecule has 1 heterocycles. The van der Waals surface area contributed by atoms with Gasteiger partial charge in [0.15, 0.2) is 0 Å². The fourth-order valence-corrected chi connectivity index (χ4v) is 1.74. The van der Waals surface area contributed by atoms with Gasteiger partial charge in [0.2, 0.25) is 0 Å². The lowest BCUT2D eigenvalue weighted by Gasteiger charge is -2.06. The van der Waals surface area contributed by atoms with Crippen molar-refractivity contribution in [3.8, 4) is 0 Å². The maximum absolute atomic E-state index is 5.58. The molecule has 0 aromatic carbocycles. The molecule has 0 amide bonds. The smallest absolute Gasteiger partial charge is 0.140 e. The number of aromatic nitrogens is 1. The van der Waals surface area contributed by atoms with Crippen molar-refractivity contribution in [3.05, 3.63) is 16.7 Å². The molecular weight excluding hydrogens is 230 g/mol. The Morgan fingerprint density at radius 3 is 2.92 bits per heavy atom. The third-order valence-electron chi connectivity index (χ3n) is 2.29. The molecule has 70 valence electrons. The SMILES string of the molecule is CC1CC1Nc1ncc(N)cc1Br. The lowest BCUT2D eigenvalue weighted by molar-refractivity contribution is 0.923. The molecule has 1 aliphatic rings. The number of hydrogen-bond acceptors (Lipinski definition) is 3. The monoisotopic (exact) mass is 241 g/mol. The topological polar surface area (TPSA) is 50.9 Å². The van der Waals surface area contributed by atoms with Crippen LogP contribution in [-0.4, -0.2) is 11.0 Å². The van der Waals surface area contributed by atoms with E-state index in [1.54, 1.807) is 6.20 Å². The number of nitrogens with zero attached hydrogens (tertiary/aromatic N) is 1. The summed E-state index contributed by atoms with van der Waals surface area (Å²) in [5, 5.41) is 3.35. The quantitative estimate of drug-likeness (QED) is 0.836. The number of rotatable bonds is 2. The van der Waals surface area contributed by atoms with Gasteiger partial charge in [-0.1, -0.05) is 6.92 Å². The first-order valence-electron chi connectivity index (χ1n) is 4.34. The van der Waals surface area contributed by atoms with E-state index in [2.05, 4.69) is 33.2 Å². The normalized spacial score (nSPS) is 25.7. The van der Waals surface area contributed by atoms with Crippen molar-refractivity contribution in [2.75, 3.05) is 11.1 Å². The Labute approximate surface area is 85.9 Å². The van der Waals surface area contributed by atoms with Gasteiger partial charge >= 0.3 is 0 Å². The molecular formula is C9H12BrN3. The van der Waals surface area contributed by atoms with E-state index in [1.165, 1.54) is 6.42 Å². The molecule has 0 spiro atoms. The van der Waals surface area contributed by atoms with Crippen molar-refractivity contribution in [1.82, 2.24) is 4.98 Å². The van der Waals surface area contributed by atoms with Gasteiger partial charge in [-0.25, -0.2) is 4.98 Å². The maximum Gasteiger partial charge on any atom is 0.140 e. The van der Waals surface area contributed by atoms with Crippen LogP contribution in [0.25, 0.3) is 0 Å². The Morgan fingerprint density at radius 2 is 2.38 bits per heavy atom. The third-order valence-corrected chi connectivity index (χ3v) is 2.90. The van der Waals surface area contributed by atoms with Gasteiger partial charge in [0.05, 0.1) is 16.4 Å². The predicted molar refractivity (Wildman–Crippen MR) is 57.5 cm³/mol. The van der Waals surface area contributed by atoms with Crippen LogP contribution in [0.4, 0.5) is 11.5 Å². The minimum absolute atomic E-state index is 0.590. The molecule has 1 aromatic rings. The molecule has 1 aliphatic carbocycles. The summed E-state index contributed by atoms with van der Waals surface area (Å²) in [7, 11) is 0. The summed E-state index contributed by atoms with van der Waals surface area (Å²) in [4.78, 5) is 4.21. The summed E-state index contributed by atoms with van der Waals surface area (Å²) >= 11 is 3.42. The van der Waals surface area contributed by atoms with E-state index in [9.17, 15) is 0 Å². The maximum atomic E-state index is 5.58. The van der Waals surface area contributed by atoms with Crippen LogP contribution < -0.4 is 11.1 Å². The number of pyridine rings is 1. The molecule has 2 atom stereocenters. The van der Waals surface area contributed by atoms with Gasteiger partial charge in [-0.3, -0.25) is 0 Å². The summed E-state index contributed by atoms with van der Waals surface area (Å²) in [6.07, 6.45) is 2.90. The fraction of sp³-hybridized carbons (Fsp3) is 0.444. The Kier molecular flexibility index (Phi) is 2.15. The summed E-state index contributed by atoms with van der Waals surface area (Å²) < 4.78 is 0.937. The van der Waals surface area contributed by atoms with E-state index >= 15 is 0 Å². The van der Waals surface area contributed by atoms with Crippen molar-refractivity contribution >= 4 is 27.4 Å². The van der Waals surface area contributed by atoms with Gasteiger partial charge in [-0.05, 0) is 34.3 Å². The van der Waals surface area contributed by atoms with E-state index < -0.39 is 0 Å². The van der Waals surface area contributed by atoms with E-state index in [1.807, 2.05) is 6.07 Å². The number of hydrogen-bond donors (Lipinski definition) is 2. The second kappa shape index (κ2) is 3.18. The average molecular weight is 242 g/mol. The molecule has 1 saturated carbocycles. The van der Waals surface area contributed by atoms with Crippen LogP contribution in [0.2, 0.25) is 0 Å². The third kappa shape index (κ3) is 1.94. The Hall–Kier alpha value is -0.770. The van der Waals surface area contributed by atoms with Gasteiger partial charge in [-0.2, -0.15) is 0 Å². The van der Waals surface area contributed by atoms with Crippen molar-refractivity contribution in [1.29, 1.82) is 0 Å².